The van der Waals surface area contributed by atoms with Crippen molar-refractivity contribution in [3.63, 3.8) is 0 Å². The lowest BCUT2D eigenvalue weighted by molar-refractivity contribution is 0.108. The number of hydrogen-bond acceptors (Lipinski definition) is 7. The SMILES string of the molecule is CN(C)C(=O)Oc1ccc2sc3ncnc(OC4CCC(N(C)C)CC4)c3c2c1. The van der Waals surface area contributed by atoms with E-state index in [2.05, 4.69) is 29.0 Å². The second kappa shape index (κ2) is 8.12. The molecule has 2 heterocycles. The summed E-state index contributed by atoms with van der Waals surface area (Å²) in [6, 6.07) is 6.24. The summed E-state index contributed by atoms with van der Waals surface area (Å²) < 4.78 is 12.8. The van der Waals surface area contributed by atoms with Crippen LogP contribution in [0.25, 0.3) is 20.3 Å². The molecule has 2 aromatic heterocycles. The van der Waals surface area contributed by atoms with Gasteiger partial charge in [0.15, 0.2) is 0 Å². The summed E-state index contributed by atoms with van der Waals surface area (Å²) in [7, 11) is 7.59. The molecule has 0 saturated heterocycles. The number of ether oxygens (including phenoxy) is 2. The van der Waals surface area contributed by atoms with Crippen molar-refractivity contribution in [3.8, 4) is 11.6 Å². The summed E-state index contributed by atoms with van der Waals surface area (Å²) in [5.74, 6) is 1.11. The maximum atomic E-state index is 11.9. The molecule has 0 spiro atoms. The van der Waals surface area contributed by atoms with Gasteiger partial charge in [-0.2, -0.15) is 0 Å². The van der Waals surface area contributed by atoms with E-state index in [1.54, 1.807) is 37.8 Å². The minimum Gasteiger partial charge on any atom is -0.474 e. The molecule has 0 unspecified atom stereocenters. The normalized spacial score (nSPS) is 19.6. The molecule has 0 aliphatic heterocycles. The third kappa shape index (κ3) is 4.13. The molecule has 1 fully saturated rings. The summed E-state index contributed by atoms with van der Waals surface area (Å²) in [4.78, 5) is 25.4. The largest absolute Gasteiger partial charge is 0.474 e. The third-order valence-corrected chi connectivity index (χ3v) is 6.51. The van der Waals surface area contributed by atoms with Gasteiger partial charge in [0.2, 0.25) is 5.88 Å². The van der Waals surface area contributed by atoms with Gasteiger partial charge in [-0.05, 0) is 58.0 Å². The van der Waals surface area contributed by atoms with E-state index in [0.717, 1.165) is 46.0 Å². The minimum atomic E-state index is -0.408. The van der Waals surface area contributed by atoms with Crippen molar-refractivity contribution in [1.82, 2.24) is 19.8 Å². The summed E-state index contributed by atoms with van der Waals surface area (Å²) in [6.07, 6.45) is 5.60. The van der Waals surface area contributed by atoms with Gasteiger partial charge in [-0.3, -0.25) is 0 Å². The predicted octanol–water partition coefficient (Wildman–Crippen LogP) is 4.16. The van der Waals surface area contributed by atoms with Crippen LogP contribution < -0.4 is 9.47 Å². The van der Waals surface area contributed by atoms with Crippen LogP contribution >= 0.6 is 11.3 Å². The Kier molecular flexibility index (Phi) is 5.56. The van der Waals surface area contributed by atoms with E-state index < -0.39 is 6.09 Å². The van der Waals surface area contributed by atoms with Crippen LogP contribution in [0.5, 0.6) is 11.6 Å². The highest BCUT2D eigenvalue weighted by Crippen LogP contribution is 2.39. The highest BCUT2D eigenvalue weighted by Gasteiger charge is 2.25. The van der Waals surface area contributed by atoms with Gasteiger partial charge in [-0.25, -0.2) is 14.8 Å². The molecular weight excluding hydrogens is 388 g/mol. The number of nitrogens with zero attached hydrogens (tertiary/aromatic N) is 4. The van der Waals surface area contributed by atoms with E-state index >= 15 is 0 Å². The first-order valence-electron chi connectivity index (χ1n) is 9.82. The predicted molar refractivity (Wildman–Crippen MR) is 115 cm³/mol. The Bertz CT molecular complexity index is 1030. The zero-order valence-corrected chi connectivity index (χ0v) is 18.0. The van der Waals surface area contributed by atoms with E-state index in [-0.39, 0.29) is 6.10 Å². The van der Waals surface area contributed by atoms with E-state index in [9.17, 15) is 4.79 Å². The van der Waals surface area contributed by atoms with Gasteiger partial charge in [-0.1, -0.05) is 0 Å². The fourth-order valence-corrected chi connectivity index (χ4v) is 4.76. The standard InChI is InChI=1S/C21H26N4O3S/c1-24(2)13-5-7-14(8-6-13)27-19-18-16-11-15(28-21(26)25(3)4)9-10-17(16)29-20(18)23-12-22-19/h9-14H,5-8H2,1-4H3. The maximum absolute atomic E-state index is 11.9. The number of thiophene rings is 1. The average Bonchev–Trinajstić information content (AvgIpc) is 3.07. The second-order valence-corrected chi connectivity index (χ2v) is 8.92. The molecule has 1 saturated carbocycles. The van der Waals surface area contributed by atoms with Crippen LogP contribution in [0.1, 0.15) is 25.7 Å². The zero-order valence-electron chi connectivity index (χ0n) is 17.2. The summed E-state index contributed by atoms with van der Waals surface area (Å²) in [5.41, 5.74) is 0. The Balaban J connectivity index is 1.63. The maximum Gasteiger partial charge on any atom is 0.414 e. The summed E-state index contributed by atoms with van der Waals surface area (Å²) in [5, 5.41) is 1.84. The molecule has 1 aliphatic rings. The first-order valence-corrected chi connectivity index (χ1v) is 10.6. The third-order valence-electron chi connectivity index (χ3n) is 5.43. The first kappa shape index (κ1) is 19.8. The molecule has 7 nitrogen and oxygen atoms in total. The number of hydrogen-bond donors (Lipinski definition) is 0. The highest BCUT2D eigenvalue weighted by atomic mass is 32.1. The van der Waals surface area contributed by atoms with E-state index in [0.29, 0.717) is 17.7 Å². The van der Waals surface area contributed by atoms with Crippen molar-refractivity contribution in [2.24, 2.45) is 0 Å². The Morgan fingerprint density at radius 1 is 1.10 bits per heavy atom. The van der Waals surface area contributed by atoms with Crippen molar-refractivity contribution in [3.05, 3.63) is 24.5 Å². The Morgan fingerprint density at radius 3 is 2.55 bits per heavy atom. The molecule has 4 rings (SSSR count). The number of aromatic nitrogens is 2. The van der Waals surface area contributed by atoms with Crippen LogP contribution in [0.2, 0.25) is 0 Å². The van der Waals surface area contributed by atoms with Crippen molar-refractivity contribution in [2.45, 2.75) is 37.8 Å². The second-order valence-electron chi connectivity index (χ2n) is 7.89. The highest BCUT2D eigenvalue weighted by molar-refractivity contribution is 7.25. The van der Waals surface area contributed by atoms with Gasteiger partial charge in [0, 0.05) is 30.2 Å². The Labute approximate surface area is 174 Å². The number of fused-ring (bicyclic) bond motifs is 3. The fraction of sp³-hybridized carbons (Fsp3) is 0.476. The molecule has 0 atom stereocenters. The number of amides is 1. The number of benzene rings is 1. The molecule has 3 aromatic rings. The van der Waals surface area contributed by atoms with Gasteiger partial charge < -0.3 is 19.3 Å². The Hall–Kier alpha value is -2.45. The molecule has 0 radical (unpaired) electrons. The lowest BCUT2D eigenvalue weighted by Gasteiger charge is -2.32. The van der Waals surface area contributed by atoms with Crippen molar-refractivity contribution in [2.75, 3.05) is 28.2 Å². The van der Waals surface area contributed by atoms with Gasteiger partial charge in [-0.15, -0.1) is 11.3 Å². The lowest BCUT2D eigenvalue weighted by atomic mass is 9.92. The molecule has 8 heteroatoms. The molecule has 0 bridgehead atoms. The summed E-state index contributed by atoms with van der Waals surface area (Å²) >= 11 is 1.59. The van der Waals surface area contributed by atoms with Crippen LogP contribution in [-0.4, -0.2) is 66.2 Å². The van der Waals surface area contributed by atoms with Gasteiger partial charge in [0.25, 0.3) is 0 Å². The van der Waals surface area contributed by atoms with E-state index in [1.165, 1.54) is 4.90 Å². The van der Waals surface area contributed by atoms with E-state index in [1.807, 2.05) is 12.1 Å². The number of rotatable bonds is 4. The average molecular weight is 415 g/mol. The molecule has 154 valence electrons. The van der Waals surface area contributed by atoms with Crippen LogP contribution in [0.15, 0.2) is 24.5 Å². The van der Waals surface area contributed by atoms with Crippen molar-refractivity contribution >= 4 is 37.7 Å². The lowest BCUT2D eigenvalue weighted by Crippen LogP contribution is -2.35. The van der Waals surface area contributed by atoms with Crippen molar-refractivity contribution in [1.29, 1.82) is 0 Å². The van der Waals surface area contributed by atoms with Crippen LogP contribution in [0, 0.1) is 0 Å². The topological polar surface area (TPSA) is 67.8 Å². The molecule has 1 amide bonds. The number of carbonyl (C=O) groups is 1. The minimum absolute atomic E-state index is 0.161. The van der Waals surface area contributed by atoms with E-state index in [4.69, 9.17) is 9.47 Å². The van der Waals surface area contributed by atoms with Gasteiger partial charge in [0.1, 0.15) is 23.0 Å². The zero-order chi connectivity index (χ0) is 20.5. The molecule has 29 heavy (non-hydrogen) atoms. The molecule has 0 N–H and O–H groups in total. The number of carbonyl (C=O) groups excluding carboxylic acids is 1. The monoisotopic (exact) mass is 414 g/mol. The Morgan fingerprint density at radius 2 is 1.86 bits per heavy atom. The van der Waals surface area contributed by atoms with Crippen LogP contribution in [0.3, 0.4) is 0 Å². The van der Waals surface area contributed by atoms with Crippen molar-refractivity contribution < 1.29 is 14.3 Å². The van der Waals surface area contributed by atoms with Crippen LogP contribution in [-0.2, 0) is 0 Å². The molecule has 1 aromatic carbocycles. The quantitative estimate of drug-likeness (QED) is 0.639. The molecule has 1 aliphatic carbocycles. The van der Waals surface area contributed by atoms with Crippen LogP contribution in [0.4, 0.5) is 4.79 Å². The van der Waals surface area contributed by atoms with Gasteiger partial charge in [0.05, 0.1) is 5.39 Å². The smallest absolute Gasteiger partial charge is 0.414 e. The van der Waals surface area contributed by atoms with Gasteiger partial charge >= 0.3 is 6.09 Å². The molecular formula is C21H26N4O3S. The fourth-order valence-electron chi connectivity index (χ4n) is 3.74. The summed E-state index contributed by atoms with van der Waals surface area (Å²) in [6.45, 7) is 0. The first-order chi connectivity index (χ1) is 13.9.